The Labute approximate surface area is 125 Å². The quantitative estimate of drug-likeness (QED) is 0.623. The normalized spacial score (nSPS) is 18.8. The van der Waals surface area contributed by atoms with Crippen LogP contribution in [0.5, 0.6) is 5.75 Å². The summed E-state index contributed by atoms with van der Waals surface area (Å²) in [5.41, 5.74) is 0.601. The molecule has 0 aliphatic carbocycles. The Morgan fingerprint density at radius 1 is 1.43 bits per heavy atom. The number of hydrogen-bond acceptors (Lipinski definition) is 5. The van der Waals surface area contributed by atoms with E-state index in [1.807, 2.05) is 6.92 Å². The van der Waals surface area contributed by atoms with E-state index in [-0.39, 0.29) is 16.7 Å². The average Bonchev–Trinajstić information content (AvgIpc) is 2.73. The number of ether oxygens (including phenoxy) is 1. The molecule has 1 aliphatic rings. The lowest BCUT2D eigenvalue weighted by Gasteiger charge is -2.18. The van der Waals surface area contributed by atoms with Crippen molar-refractivity contribution in [2.24, 2.45) is 0 Å². The highest BCUT2D eigenvalue weighted by atomic mass is 16.6. The van der Waals surface area contributed by atoms with Crippen LogP contribution in [0.15, 0.2) is 18.2 Å². The van der Waals surface area contributed by atoms with Gasteiger partial charge in [-0.05, 0) is 50.9 Å². The zero-order valence-electron chi connectivity index (χ0n) is 12.4. The SMILES string of the molecule is CCCOc1cccc(NC2CCCNCC2)c1[N+](=O)[O-]. The number of hydrogen-bond donors (Lipinski definition) is 2. The Kier molecular flexibility index (Phi) is 5.80. The van der Waals surface area contributed by atoms with Crippen LogP contribution in [-0.4, -0.2) is 30.7 Å². The molecule has 6 nitrogen and oxygen atoms in total. The summed E-state index contributed by atoms with van der Waals surface area (Å²) in [6.45, 7) is 4.42. The van der Waals surface area contributed by atoms with Crippen LogP contribution in [0, 0.1) is 10.1 Å². The third kappa shape index (κ3) is 4.32. The fourth-order valence-electron chi connectivity index (χ4n) is 2.54. The topological polar surface area (TPSA) is 76.4 Å². The summed E-state index contributed by atoms with van der Waals surface area (Å²) in [6.07, 6.45) is 3.89. The predicted octanol–water partition coefficient (Wildman–Crippen LogP) is 2.94. The van der Waals surface area contributed by atoms with Crippen molar-refractivity contribution in [1.29, 1.82) is 0 Å². The van der Waals surface area contributed by atoms with Crippen LogP contribution < -0.4 is 15.4 Å². The van der Waals surface area contributed by atoms with E-state index in [0.29, 0.717) is 18.0 Å². The summed E-state index contributed by atoms with van der Waals surface area (Å²) in [7, 11) is 0. The first-order valence-corrected chi connectivity index (χ1v) is 7.59. The third-order valence-electron chi connectivity index (χ3n) is 3.58. The maximum Gasteiger partial charge on any atom is 0.333 e. The first-order valence-electron chi connectivity index (χ1n) is 7.59. The monoisotopic (exact) mass is 293 g/mol. The highest BCUT2D eigenvalue weighted by molar-refractivity contribution is 5.68. The van der Waals surface area contributed by atoms with Gasteiger partial charge < -0.3 is 15.4 Å². The van der Waals surface area contributed by atoms with Crippen LogP contribution in [0.3, 0.4) is 0 Å². The van der Waals surface area contributed by atoms with Gasteiger partial charge in [0.05, 0.1) is 11.5 Å². The number of rotatable bonds is 6. The van der Waals surface area contributed by atoms with E-state index in [1.54, 1.807) is 18.2 Å². The van der Waals surface area contributed by atoms with Crippen molar-refractivity contribution >= 4 is 11.4 Å². The second kappa shape index (κ2) is 7.83. The first-order chi connectivity index (χ1) is 10.2. The van der Waals surface area contributed by atoms with E-state index in [9.17, 15) is 10.1 Å². The molecule has 1 aliphatic heterocycles. The summed E-state index contributed by atoms with van der Waals surface area (Å²) in [4.78, 5) is 11.0. The van der Waals surface area contributed by atoms with Gasteiger partial charge in [-0.2, -0.15) is 0 Å². The van der Waals surface area contributed by atoms with Gasteiger partial charge >= 0.3 is 5.69 Å². The summed E-state index contributed by atoms with van der Waals surface area (Å²) in [5, 5.41) is 18.1. The van der Waals surface area contributed by atoms with Crippen LogP contribution in [0.2, 0.25) is 0 Å². The number of nitro benzene ring substituents is 1. The molecule has 116 valence electrons. The molecule has 1 fully saturated rings. The number of benzene rings is 1. The molecule has 0 saturated carbocycles. The zero-order chi connectivity index (χ0) is 15.1. The van der Waals surface area contributed by atoms with Crippen LogP contribution in [0.1, 0.15) is 32.6 Å². The Balaban J connectivity index is 2.18. The number of para-hydroxylation sites is 1. The number of anilines is 1. The zero-order valence-corrected chi connectivity index (χ0v) is 12.4. The molecule has 1 heterocycles. The van der Waals surface area contributed by atoms with E-state index < -0.39 is 0 Å². The molecule has 2 N–H and O–H groups in total. The van der Waals surface area contributed by atoms with Gasteiger partial charge in [0.25, 0.3) is 0 Å². The lowest BCUT2D eigenvalue weighted by atomic mass is 10.1. The van der Waals surface area contributed by atoms with Crippen LogP contribution in [0.4, 0.5) is 11.4 Å². The van der Waals surface area contributed by atoms with Gasteiger partial charge in [-0.3, -0.25) is 10.1 Å². The highest BCUT2D eigenvalue weighted by Crippen LogP contribution is 2.35. The minimum atomic E-state index is -0.359. The van der Waals surface area contributed by atoms with Crippen LogP contribution >= 0.6 is 0 Å². The Morgan fingerprint density at radius 3 is 3.05 bits per heavy atom. The predicted molar refractivity (Wildman–Crippen MR) is 83.0 cm³/mol. The number of nitrogens with zero attached hydrogens (tertiary/aromatic N) is 1. The Morgan fingerprint density at radius 2 is 2.29 bits per heavy atom. The summed E-state index contributed by atoms with van der Waals surface area (Å²) < 4.78 is 5.51. The molecule has 1 aromatic carbocycles. The van der Waals surface area contributed by atoms with Crippen LogP contribution in [0.25, 0.3) is 0 Å². The number of nitro groups is 1. The maximum atomic E-state index is 11.4. The summed E-state index contributed by atoms with van der Waals surface area (Å²) in [6, 6.07) is 5.48. The lowest BCUT2D eigenvalue weighted by Crippen LogP contribution is -2.22. The van der Waals surface area contributed by atoms with E-state index in [1.165, 1.54) is 0 Å². The molecular weight excluding hydrogens is 270 g/mol. The molecule has 0 radical (unpaired) electrons. The second-order valence-electron chi connectivity index (χ2n) is 5.28. The average molecular weight is 293 g/mol. The van der Waals surface area contributed by atoms with Crippen LogP contribution in [-0.2, 0) is 0 Å². The van der Waals surface area contributed by atoms with Crippen molar-refractivity contribution in [2.45, 2.75) is 38.6 Å². The highest BCUT2D eigenvalue weighted by Gasteiger charge is 2.23. The fourth-order valence-corrected chi connectivity index (χ4v) is 2.54. The van der Waals surface area contributed by atoms with Gasteiger partial charge in [0.2, 0.25) is 0 Å². The van der Waals surface area contributed by atoms with Gasteiger partial charge in [0.15, 0.2) is 5.75 Å². The lowest BCUT2D eigenvalue weighted by molar-refractivity contribution is -0.385. The van der Waals surface area contributed by atoms with Gasteiger partial charge in [0, 0.05) is 6.04 Å². The third-order valence-corrected chi connectivity index (χ3v) is 3.58. The van der Waals surface area contributed by atoms with Crippen molar-refractivity contribution in [3.8, 4) is 5.75 Å². The molecule has 0 amide bonds. The minimum absolute atomic E-state index is 0.0446. The molecular formula is C15H23N3O3. The molecule has 1 aromatic rings. The van der Waals surface area contributed by atoms with Gasteiger partial charge in [-0.1, -0.05) is 13.0 Å². The van der Waals surface area contributed by atoms with E-state index >= 15 is 0 Å². The molecule has 0 bridgehead atoms. The summed E-state index contributed by atoms with van der Waals surface area (Å²) >= 11 is 0. The van der Waals surface area contributed by atoms with Crippen molar-refractivity contribution in [2.75, 3.05) is 25.0 Å². The fraction of sp³-hybridized carbons (Fsp3) is 0.600. The van der Waals surface area contributed by atoms with Crippen molar-refractivity contribution in [3.05, 3.63) is 28.3 Å². The van der Waals surface area contributed by atoms with E-state index in [4.69, 9.17) is 4.74 Å². The smallest absolute Gasteiger partial charge is 0.333 e. The largest absolute Gasteiger partial charge is 0.487 e. The molecule has 0 spiro atoms. The molecule has 2 rings (SSSR count). The minimum Gasteiger partial charge on any atom is -0.487 e. The van der Waals surface area contributed by atoms with Gasteiger partial charge in [0.1, 0.15) is 5.69 Å². The van der Waals surface area contributed by atoms with Crippen molar-refractivity contribution in [3.63, 3.8) is 0 Å². The van der Waals surface area contributed by atoms with Crippen molar-refractivity contribution < 1.29 is 9.66 Å². The molecule has 6 heteroatoms. The maximum absolute atomic E-state index is 11.4. The van der Waals surface area contributed by atoms with E-state index in [0.717, 1.165) is 38.8 Å². The Hall–Kier alpha value is -1.82. The van der Waals surface area contributed by atoms with E-state index in [2.05, 4.69) is 10.6 Å². The molecule has 1 atom stereocenters. The Bertz CT molecular complexity index is 471. The second-order valence-corrected chi connectivity index (χ2v) is 5.28. The molecule has 0 aromatic heterocycles. The summed E-state index contributed by atoms with van der Waals surface area (Å²) in [5.74, 6) is 0.346. The van der Waals surface area contributed by atoms with Gasteiger partial charge in [-0.25, -0.2) is 0 Å². The van der Waals surface area contributed by atoms with Crippen molar-refractivity contribution in [1.82, 2.24) is 5.32 Å². The molecule has 1 unspecified atom stereocenters. The first kappa shape index (κ1) is 15.6. The molecule has 21 heavy (non-hydrogen) atoms. The molecule has 1 saturated heterocycles. The standard InChI is InChI=1S/C15H23N3O3/c1-2-11-21-14-7-3-6-13(15(14)18(19)20)17-12-5-4-9-16-10-8-12/h3,6-7,12,16-17H,2,4-5,8-11H2,1H3. The van der Waals surface area contributed by atoms with Gasteiger partial charge in [-0.15, -0.1) is 0 Å². The number of nitrogens with one attached hydrogen (secondary N) is 2.